The van der Waals surface area contributed by atoms with E-state index in [1.54, 1.807) is 12.1 Å². The number of nitrogens with one attached hydrogen (secondary N) is 1. The van der Waals surface area contributed by atoms with Crippen molar-refractivity contribution in [3.63, 3.8) is 0 Å². The Morgan fingerprint density at radius 2 is 1.87 bits per heavy atom. The summed E-state index contributed by atoms with van der Waals surface area (Å²) < 4.78 is 51.6. The number of pyridine rings is 1. The molecule has 0 unspecified atom stereocenters. The molecule has 1 fully saturated rings. The molecule has 0 aliphatic heterocycles. The molecule has 4 rings (SSSR count). The molecule has 0 saturated heterocycles. The summed E-state index contributed by atoms with van der Waals surface area (Å²) in [5, 5.41) is 10.5. The van der Waals surface area contributed by atoms with Gasteiger partial charge in [0, 0.05) is 12.2 Å². The highest BCUT2D eigenvalue weighted by atomic mass is 19.2. The highest BCUT2D eigenvalue weighted by Gasteiger charge is 2.26. The van der Waals surface area contributed by atoms with Crippen LogP contribution in [0, 0.1) is 17.5 Å². The normalized spacial score (nSPS) is 18.5. The zero-order chi connectivity index (χ0) is 22.0. The summed E-state index contributed by atoms with van der Waals surface area (Å²) in [6, 6.07) is 5.02. The van der Waals surface area contributed by atoms with E-state index in [0.717, 1.165) is 12.1 Å². The summed E-state index contributed by atoms with van der Waals surface area (Å²) in [7, 11) is 0. The lowest BCUT2D eigenvalue weighted by Crippen LogP contribution is -2.32. The summed E-state index contributed by atoms with van der Waals surface area (Å²) in [5.41, 5.74) is 5.25. The largest absolute Gasteiger partial charge is 0.474 e. The van der Waals surface area contributed by atoms with E-state index in [4.69, 9.17) is 14.9 Å². The Balaban J connectivity index is 1.35. The second-order valence-electron chi connectivity index (χ2n) is 7.09. The lowest BCUT2D eigenvalue weighted by molar-refractivity contribution is 0.0983. The number of rotatable bonds is 6. The van der Waals surface area contributed by atoms with Crippen molar-refractivity contribution in [1.82, 2.24) is 15.2 Å². The number of carbonyl (C=O) groups is 1. The zero-order valence-corrected chi connectivity index (χ0v) is 16.1. The lowest BCUT2D eigenvalue weighted by atomic mass is 9.93. The first-order chi connectivity index (χ1) is 14.9. The maximum atomic E-state index is 13.9. The standard InChI is InChI=1S/C20H18F3N5O3/c21-14-8-7-12(15(22)16(14)23)19-27-28-20(31-19)26-10-3-5-11(6-4-10)30-18-13(17(24)29)2-1-9-25-18/h1-2,7-11H,3-6H2,(H2,24,29)(H,26,28). The van der Waals surface area contributed by atoms with Gasteiger partial charge in [-0.05, 0) is 49.9 Å². The molecule has 0 radical (unpaired) electrons. The molecule has 1 aromatic carbocycles. The number of benzene rings is 1. The van der Waals surface area contributed by atoms with Gasteiger partial charge in [0.05, 0.1) is 5.56 Å². The zero-order valence-electron chi connectivity index (χ0n) is 16.1. The molecule has 2 heterocycles. The third-order valence-electron chi connectivity index (χ3n) is 5.01. The number of nitrogens with two attached hydrogens (primary N) is 1. The van der Waals surface area contributed by atoms with Gasteiger partial charge in [-0.15, -0.1) is 5.10 Å². The fourth-order valence-electron chi connectivity index (χ4n) is 3.41. The van der Waals surface area contributed by atoms with Crippen LogP contribution in [0.1, 0.15) is 36.0 Å². The first-order valence-corrected chi connectivity index (χ1v) is 9.57. The Morgan fingerprint density at radius 3 is 2.61 bits per heavy atom. The van der Waals surface area contributed by atoms with Crippen LogP contribution in [0.25, 0.3) is 11.5 Å². The van der Waals surface area contributed by atoms with Gasteiger partial charge in [-0.25, -0.2) is 18.2 Å². The topological polar surface area (TPSA) is 116 Å². The van der Waals surface area contributed by atoms with Crippen LogP contribution in [-0.2, 0) is 0 Å². The van der Waals surface area contributed by atoms with Crippen molar-refractivity contribution in [2.24, 2.45) is 5.73 Å². The molecule has 0 spiro atoms. The van der Waals surface area contributed by atoms with Crippen LogP contribution in [0.5, 0.6) is 5.88 Å². The first-order valence-electron chi connectivity index (χ1n) is 9.57. The van der Waals surface area contributed by atoms with Gasteiger partial charge in [-0.3, -0.25) is 4.79 Å². The molecule has 8 nitrogen and oxygen atoms in total. The average Bonchev–Trinajstić information content (AvgIpc) is 3.22. The Kier molecular flexibility index (Phi) is 5.74. The monoisotopic (exact) mass is 433 g/mol. The number of primary amides is 1. The van der Waals surface area contributed by atoms with Gasteiger partial charge in [-0.2, -0.15) is 0 Å². The molecule has 1 aliphatic rings. The fourth-order valence-corrected chi connectivity index (χ4v) is 3.41. The van der Waals surface area contributed by atoms with E-state index in [1.807, 2.05) is 0 Å². The predicted octanol–water partition coefficient (Wildman–Crippen LogP) is 3.45. The van der Waals surface area contributed by atoms with E-state index in [9.17, 15) is 18.0 Å². The Morgan fingerprint density at radius 1 is 1.10 bits per heavy atom. The van der Waals surface area contributed by atoms with Crippen LogP contribution in [0.4, 0.5) is 19.2 Å². The number of nitrogens with zero attached hydrogens (tertiary/aromatic N) is 3. The van der Waals surface area contributed by atoms with Crippen molar-refractivity contribution in [1.29, 1.82) is 0 Å². The van der Waals surface area contributed by atoms with E-state index < -0.39 is 23.4 Å². The molecule has 1 aliphatic carbocycles. The second-order valence-corrected chi connectivity index (χ2v) is 7.09. The first kappa shape index (κ1) is 20.6. The molecule has 0 bridgehead atoms. The summed E-state index contributed by atoms with van der Waals surface area (Å²) >= 11 is 0. The molecular formula is C20H18F3N5O3. The number of ether oxygens (including phenoxy) is 1. The second kappa shape index (κ2) is 8.62. The fraction of sp³-hybridized carbons (Fsp3) is 0.300. The molecule has 3 N–H and O–H groups in total. The van der Waals surface area contributed by atoms with Crippen LogP contribution in [0.15, 0.2) is 34.9 Å². The molecule has 31 heavy (non-hydrogen) atoms. The van der Waals surface area contributed by atoms with Crippen molar-refractivity contribution in [2.75, 3.05) is 5.32 Å². The van der Waals surface area contributed by atoms with Crippen molar-refractivity contribution in [3.05, 3.63) is 53.5 Å². The maximum absolute atomic E-state index is 13.9. The summed E-state index contributed by atoms with van der Waals surface area (Å²) in [4.78, 5) is 15.6. The van der Waals surface area contributed by atoms with Gasteiger partial charge in [0.25, 0.3) is 11.8 Å². The van der Waals surface area contributed by atoms with Crippen molar-refractivity contribution < 1.29 is 27.1 Å². The lowest BCUT2D eigenvalue weighted by Gasteiger charge is -2.28. The Hall–Kier alpha value is -3.63. The van der Waals surface area contributed by atoms with E-state index in [0.29, 0.717) is 25.7 Å². The quantitative estimate of drug-likeness (QED) is 0.572. The van der Waals surface area contributed by atoms with Crippen LogP contribution in [0.3, 0.4) is 0 Å². The Labute approximate surface area is 174 Å². The SMILES string of the molecule is NC(=O)c1cccnc1OC1CCC(Nc2nnc(-c3ccc(F)c(F)c3F)o2)CC1. The Bertz CT molecular complexity index is 1100. The van der Waals surface area contributed by atoms with Gasteiger partial charge in [0.15, 0.2) is 17.5 Å². The minimum absolute atomic E-state index is 0.0118. The highest BCUT2D eigenvalue weighted by molar-refractivity contribution is 5.94. The molecular weight excluding hydrogens is 415 g/mol. The minimum Gasteiger partial charge on any atom is -0.474 e. The highest BCUT2D eigenvalue weighted by Crippen LogP contribution is 2.29. The van der Waals surface area contributed by atoms with Gasteiger partial charge >= 0.3 is 6.01 Å². The summed E-state index contributed by atoms with van der Waals surface area (Å²) in [5.74, 6) is -4.95. The van der Waals surface area contributed by atoms with Crippen molar-refractivity contribution >= 4 is 11.9 Å². The number of halogens is 3. The third-order valence-corrected chi connectivity index (χ3v) is 5.01. The van der Waals surface area contributed by atoms with Crippen LogP contribution >= 0.6 is 0 Å². The van der Waals surface area contributed by atoms with Gasteiger partial charge in [-0.1, -0.05) is 5.10 Å². The number of anilines is 1. The third kappa shape index (κ3) is 4.44. The number of aromatic nitrogens is 3. The molecule has 11 heteroatoms. The minimum atomic E-state index is -1.60. The van der Waals surface area contributed by atoms with E-state index in [1.165, 1.54) is 6.20 Å². The number of hydrogen-bond acceptors (Lipinski definition) is 7. The molecule has 1 saturated carbocycles. The summed E-state index contributed by atoms with van der Waals surface area (Å²) in [6.45, 7) is 0. The average molecular weight is 433 g/mol. The molecule has 0 atom stereocenters. The number of amides is 1. The van der Waals surface area contributed by atoms with Crippen molar-refractivity contribution in [2.45, 2.75) is 37.8 Å². The van der Waals surface area contributed by atoms with E-state index in [-0.39, 0.29) is 41.1 Å². The van der Waals surface area contributed by atoms with E-state index in [2.05, 4.69) is 20.5 Å². The predicted molar refractivity (Wildman–Crippen MR) is 103 cm³/mol. The number of hydrogen-bond donors (Lipinski definition) is 2. The number of carbonyl (C=O) groups excluding carboxylic acids is 1. The summed E-state index contributed by atoms with van der Waals surface area (Å²) in [6.07, 6.45) is 4.12. The van der Waals surface area contributed by atoms with Gasteiger partial charge in [0.2, 0.25) is 5.88 Å². The maximum Gasteiger partial charge on any atom is 0.315 e. The van der Waals surface area contributed by atoms with Crippen LogP contribution in [0.2, 0.25) is 0 Å². The molecule has 2 aromatic heterocycles. The smallest absolute Gasteiger partial charge is 0.315 e. The van der Waals surface area contributed by atoms with Crippen LogP contribution in [-0.4, -0.2) is 33.2 Å². The van der Waals surface area contributed by atoms with Crippen molar-refractivity contribution in [3.8, 4) is 17.3 Å². The molecule has 3 aromatic rings. The van der Waals surface area contributed by atoms with Crippen LogP contribution < -0.4 is 15.8 Å². The van der Waals surface area contributed by atoms with Gasteiger partial charge in [0.1, 0.15) is 11.7 Å². The molecule has 162 valence electrons. The van der Waals surface area contributed by atoms with E-state index >= 15 is 0 Å². The molecule has 1 amide bonds. The van der Waals surface area contributed by atoms with Gasteiger partial charge < -0.3 is 20.2 Å².